The summed E-state index contributed by atoms with van der Waals surface area (Å²) in [6.45, 7) is 2.13. The maximum atomic E-state index is 13.3. The van der Waals surface area contributed by atoms with Gasteiger partial charge in [-0.25, -0.2) is 18.9 Å². The van der Waals surface area contributed by atoms with Crippen molar-refractivity contribution in [2.75, 3.05) is 12.4 Å². The van der Waals surface area contributed by atoms with Crippen molar-refractivity contribution in [1.82, 2.24) is 20.1 Å². The number of benzene rings is 2. The van der Waals surface area contributed by atoms with E-state index in [1.807, 2.05) is 37.3 Å². The van der Waals surface area contributed by atoms with Crippen molar-refractivity contribution in [1.29, 1.82) is 0 Å². The van der Waals surface area contributed by atoms with Gasteiger partial charge in [0.25, 0.3) is 0 Å². The highest BCUT2D eigenvalue weighted by molar-refractivity contribution is 5.92. The molecule has 0 radical (unpaired) electrons. The van der Waals surface area contributed by atoms with Gasteiger partial charge in [0.05, 0.1) is 35.7 Å². The molecule has 0 aliphatic carbocycles. The number of carbonyl (C=O) groups is 1. The second-order valence-corrected chi connectivity index (χ2v) is 7.09. The minimum Gasteiger partial charge on any atom is -0.378 e. The number of ether oxygens (including phenoxy) is 1. The number of nitrogens with zero attached hydrogens (tertiary/aromatic N) is 3. The highest BCUT2D eigenvalue weighted by Crippen LogP contribution is 2.25. The summed E-state index contributed by atoms with van der Waals surface area (Å²) in [5, 5.41) is 10.9. The van der Waals surface area contributed by atoms with Gasteiger partial charge >= 0.3 is 6.03 Å². The lowest BCUT2D eigenvalue weighted by Crippen LogP contribution is -2.31. The van der Waals surface area contributed by atoms with Gasteiger partial charge in [0.2, 0.25) is 0 Å². The molecule has 4 rings (SSSR count). The van der Waals surface area contributed by atoms with Crippen LogP contribution >= 0.6 is 0 Å². The first kappa shape index (κ1) is 20.5. The van der Waals surface area contributed by atoms with Crippen LogP contribution in [0.1, 0.15) is 24.2 Å². The first-order valence-electron chi connectivity index (χ1n) is 9.80. The average molecular weight is 419 g/mol. The molecule has 1 atom stereocenters. The monoisotopic (exact) mass is 419 g/mol. The Kier molecular flexibility index (Phi) is 5.90. The van der Waals surface area contributed by atoms with Gasteiger partial charge < -0.3 is 10.1 Å². The molecule has 2 amide bonds. The van der Waals surface area contributed by atoms with Gasteiger partial charge in [-0.05, 0) is 42.8 Å². The summed E-state index contributed by atoms with van der Waals surface area (Å²) in [4.78, 5) is 17.1. The topological polar surface area (TPSA) is 81.1 Å². The molecule has 0 saturated carbocycles. The zero-order valence-corrected chi connectivity index (χ0v) is 17.2. The van der Waals surface area contributed by atoms with E-state index in [9.17, 15) is 9.18 Å². The van der Waals surface area contributed by atoms with E-state index in [1.54, 1.807) is 36.2 Å². The van der Waals surface area contributed by atoms with Crippen molar-refractivity contribution in [3.63, 3.8) is 0 Å². The molecule has 7 nitrogen and oxygen atoms in total. The molecule has 0 aliphatic rings. The van der Waals surface area contributed by atoms with Crippen LogP contribution in [0.15, 0.2) is 66.9 Å². The second kappa shape index (κ2) is 8.93. The molecule has 158 valence electrons. The molecular weight excluding hydrogens is 397 g/mol. The van der Waals surface area contributed by atoms with Crippen LogP contribution in [0.25, 0.3) is 16.6 Å². The third-order valence-corrected chi connectivity index (χ3v) is 4.86. The van der Waals surface area contributed by atoms with Crippen molar-refractivity contribution in [2.24, 2.45) is 0 Å². The Morgan fingerprint density at radius 2 is 1.90 bits per heavy atom. The van der Waals surface area contributed by atoms with Crippen LogP contribution in [0.4, 0.5) is 15.0 Å². The van der Waals surface area contributed by atoms with E-state index < -0.39 is 0 Å². The first-order valence-corrected chi connectivity index (χ1v) is 9.80. The van der Waals surface area contributed by atoms with Crippen molar-refractivity contribution < 1.29 is 13.9 Å². The van der Waals surface area contributed by atoms with Gasteiger partial charge in [-0.3, -0.25) is 5.32 Å². The normalized spacial score (nSPS) is 12.0. The number of urea groups is 1. The fraction of sp³-hybridized carbons (Fsp3) is 0.174. The van der Waals surface area contributed by atoms with E-state index in [0.29, 0.717) is 17.2 Å². The van der Waals surface area contributed by atoms with Crippen molar-refractivity contribution >= 4 is 22.8 Å². The fourth-order valence-corrected chi connectivity index (χ4v) is 3.39. The van der Waals surface area contributed by atoms with E-state index in [2.05, 4.69) is 20.7 Å². The molecule has 2 N–H and O–H groups in total. The van der Waals surface area contributed by atoms with Crippen LogP contribution in [0.2, 0.25) is 0 Å². The Morgan fingerprint density at radius 1 is 1.16 bits per heavy atom. The van der Waals surface area contributed by atoms with E-state index in [0.717, 1.165) is 16.5 Å². The average Bonchev–Trinajstić information content (AvgIpc) is 3.19. The molecule has 8 heteroatoms. The molecular formula is C23H22FN5O2. The molecule has 0 saturated heterocycles. The zero-order chi connectivity index (χ0) is 21.8. The number of hydrogen-bond donors (Lipinski definition) is 2. The van der Waals surface area contributed by atoms with Crippen molar-refractivity contribution in [3.8, 4) is 5.69 Å². The summed E-state index contributed by atoms with van der Waals surface area (Å²) in [6.07, 6.45) is 1.68. The lowest BCUT2D eigenvalue weighted by molar-refractivity contribution is 0.182. The van der Waals surface area contributed by atoms with Crippen LogP contribution in [0.5, 0.6) is 0 Å². The quantitative estimate of drug-likeness (QED) is 0.479. The number of methoxy groups -OCH3 is 1. The van der Waals surface area contributed by atoms with Crippen LogP contribution in [0.3, 0.4) is 0 Å². The Hall–Kier alpha value is -3.78. The van der Waals surface area contributed by atoms with E-state index in [-0.39, 0.29) is 24.5 Å². The molecule has 0 bridgehead atoms. The van der Waals surface area contributed by atoms with Gasteiger partial charge in [0.1, 0.15) is 11.6 Å². The van der Waals surface area contributed by atoms with E-state index >= 15 is 0 Å². The third kappa shape index (κ3) is 4.54. The number of pyridine rings is 1. The van der Waals surface area contributed by atoms with Crippen LogP contribution in [0, 0.1) is 5.82 Å². The number of aromatic nitrogens is 3. The van der Waals surface area contributed by atoms with Gasteiger partial charge in [0, 0.05) is 12.5 Å². The number of anilines is 1. The predicted octanol–water partition coefficient (Wildman–Crippen LogP) is 4.59. The minimum atomic E-state index is -0.363. The fourth-order valence-electron chi connectivity index (χ4n) is 3.39. The molecule has 31 heavy (non-hydrogen) atoms. The van der Waals surface area contributed by atoms with E-state index in [4.69, 9.17) is 4.74 Å². The van der Waals surface area contributed by atoms with Gasteiger partial charge in [-0.2, -0.15) is 5.10 Å². The highest BCUT2D eigenvalue weighted by Gasteiger charge is 2.16. The number of halogens is 1. The number of amides is 2. The molecule has 4 aromatic rings. The number of carbonyl (C=O) groups excluding carboxylic acids is 1. The van der Waals surface area contributed by atoms with Gasteiger partial charge in [0.15, 0.2) is 0 Å². The summed E-state index contributed by atoms with van der Waals surface area (Å²) >= 11 is 0. The van der Waals surface area contributed by atoms with Crippen LogP contribution in [-0.4, -0.2) is 27.9 Å². The Labute approximate surface area is 178 Å². The zero-order valence-electron chi connectivity index (χ0n) is 17.2. The standard InChI is InChI=1S/C23H22FN5O2/c1-15(16-6-4-3-5-7-16)26-23(30)28-21-12-17-13-25-29(19-10-8-18(24)9-11-19)22(17)20(27-21)14-31-2/h3-13,15H,14H2,1-2H3,(H2,26,27,28,30)/t15-/m1/s1. The number of nitrogens with one attached hydrogen (secondary N) is 2. The van der Waals surface area contributed by atoms with Crippen molar-refractivity contribution in [3.05, 3.63) is 83.9 Å². The summed E-state index contributed by atoms with van der Waals surface area (Å²) in [7, 11) is 1.57. The molecule has 0 fully saturated rings. The SMILES string of the molecule is COCc1nc(NC(=O)N[C@H](C)c2ccccc2)cc2cnn(-c3ccc(F)cc3)c12. The molecule has 0 spiro atoms. The van der Waals surface area contributed by atoms with Crippen LogP contribution in [-0.2, 0) is 11.3 Å². The number of hydrogen-bond acceptors (Lipinski definition) is 4. The second-order valence-electron chi connectivity index (χ2n) is 7.09. The maximum Gasteiger partial charge on any atom is 0.320 e. The molecule has 0 aliphatic heterocycles. The summed E-state index contributed by atoms with van der Waals surface area (Å²) in [5.41, 5.74) is 3.04. The van der Waals surface area contributed by atoms with Gasteiger partial charge in [-0.1, -0.05) is 30.3 Å². The third-order valence-electron chi connectivity index (χ3n) is 4.86. The first-order chi connectivity index (χ1) is 15.0. The number of fused-ring (bicyclic) bond motifs is 1. The molecule has 2 heterocycles. The van der Waals surface area contributed by atoms with Gasteiger partial charge in [-0.15, -0.1) is 0 Å². The highest BCUT2D eigenvalue weighted by atomic mass is 19.1. The minimum absolute atomic E-state index is 0.162. The van der Waals surface area contributed by atoms with E-state index in [1.165, 1.54) is 12.1 Å². The largest absolute Gasteiger partial charge is 0.378 e. The maximum absolute atomic E-state index is 13.3. The summed E-state index contributed by atoms with van der Waals surface area (Å²) in [6, 6.07) is 16.9. The summed E-state index contributed by atoms with van der Waals surface area (Å²) < 4.78 is 20.3. The van der Waals surface area contributed by atoms with Crippen molar-refractivity contribution in [2.45, 2.75) is 19.6 Å². The number of rotatable bonds is 6. The lowest BCUT2D eigenvalue weighted by atomic mass is 10.1. The summed E-state index contributed by atoms with van der Waals surface area (Å²) in [5.74, 6) is 0.0636. The molecule has 0 unspecified atom stereocenters. The smallest absolute Gasteiger partial charge is 0.320 e. The molecule has 2 aromatic carbocycles. The Bertz CT molecular complexity index is 1190. The lowest BCUT2D eigenvalue weighted by Gasteiger charge is -2.15. The Morgan fingerprint density at radius 3 is 2.61 bits per heavy atom. The Balaban J connectivity index is 1.60. The van der Waals surface area contributed by atoms with Crippen LogP contribution < -0.4 is 10.6 Å². The molecule has 2 aromatic heterocycles. The predicted molar refractivity (Wildman–Crippen MR) is 117 cm³/mol.